The number of nitrogens with zero attached hydrogens (tertiary/aromatic N) is 5. The van der Waals surface area contributed by atoms with E-state index in [0.717, 1.165) is 22.3 Å². The number of carbonyl (C=O) groups is 1. The Bertz CT molecular complexity index is 1270. The number of fused-ring (bicyclic) bond motifs is 1. The van der Waals surface area contributed by atoms with Gasteiger partial charge in [-0.2, -0.15) is 10.2 Å². The second-order valence-electron chi connectivity index (χ2n) is 8.17. The SMILES string of the molecule is Cc1ccc(Cn2cc(Cl)c(NC(=O)Cn3nc(C)c4c(C5CC5)ccnc43)n2)cc1. The number of aromatic nitrogens is 5. The Morgan fingerprint density at radius 2 is 1.94 bits per heavy atom. The molecule has 7 nitrogen and oxygen atoms in total. The van der Waals surface area contributed by atoms with E-state index in [2.05, 4.69) is 57.8 Å². The number of rotatable bonds is 6. The Kier molecular flexibility index (Phi) is 4.98. The van der Waals surface area contributed by atoms with Crippen LogP contribution in [0.1, 0.15) is 41.1 Å². The van der Waals surface area contributed by atoms with Gasteiger partial charge in [-0.1, -0.05) is 41.4 Å². The van der Waals surface area contributed by atoms with Crippen molar-refractivity contribution in [1.82, 2.24) is 24.5 Å². The van der Waals surface area contributed by atoms with Crippen molar-refractivity contribution in [2.24, 2.45) is 0 Å². The molecule has 1 fully saturated rings. The number of hydrogen-bond acceptors (Lipinski definition) is 4. The maximum Gasteiger partial charge on any atom is 0.247 e. The molecule has 0 spiro atoms. The van der Waals surface area contributed by atoms with Crippen molar-refractivity contribution in [3.8, 4) is 0 Å². The summed E-state index contributed by atoms with van der Waals surface area (Å²) >= 11 is 6.31. The van der Waals surface area contributed by atoms with Crippen molar-refractivity contribution in [1.29, 1.82) is 0 Å². The zero-order valence-electron chi connectivity index (χ0n) is 17.5. The molecule has 1 N–H and O–H groups in total. The molecule has 1 aliphatic rings. The van der Waals surface area contributed by atoms with Crippen LogP contribution in [0.15, 0.2) is 42.7 Å². The van der Waals surface area contributed by atoms with Crippen molar-refractivity contribution in [2.75, 3.05) is 5.32 Å². The zero-order chi connectivity index (χ0) is 21.5. The first kappa shape index (κ1) is 19.8. The summed E-state index contributed by atoms with van der Waals surface area (Å²) in [5.74, 6) is 0.691. The van der Waals surface area contributed by atoms with E-state index in [-0.39, 0.29) is 12.5 Å². The summed E-state index contributed by atoms with van der Waals surface area (Å²) < 4.78 is 3.38. The molecule has 1 amide bonds. The van der Waals surface area contributed by atoms with Crippen LogP contribution in [0, 0.1) is 13.8 Å². The molecule has 158 valence electrons. The first-order valence-electron chi connectivity index (χ1n) is 10.4. The maximum atomic E-state index is 12.7. The van der Waals surface area contributed by atoms with E-state index in [1.54, 1.807) is 21.8 Å². The van der Waals surface area contributed by atoms with Gasteiger partial charge in [-0.15, -0.1) is 0 Å². The minimum atomic E-state index is -0.245. The summed E-state index contributed by atoms with van der Waals surface area (Å²) in [5, 5.41) is 13.3. The molecule has 1 aromatic carbocycles. The lowest BCUT2D eigenvalue weighted by atomic mass is 10.1. The molecule has 3 aromatic heterocycles. The minimum absolute atomic E-state index is 0.0482. The van der Waals surface area contributed by atoms with Gasteiger partial charge in [0.05, 0.1) is 12.2 Å². The van der Waals surface area contributed by atoms with Gasteiger partial charge >= 0.3 is 0 Å². The fourth-order valence-electron chi connectivity index (χ4n) is 3.91. The van der Waals surface area contributed by atoms with Crippen molar-refractivity contribution in [3.05, 3.63) is 70.1 Å². The number of carbonyl (C=O) groups excluding carboxylic acids is 1. The molecule has 0 radical (unpaired) electrons. The monoisotopic (exact) mass is 434 g/mol. The molecule has 8 heteroatoms. The average Bonchev–Trinajstić information content (AvgIpc) is 3.47. The van der Waals surface area contributed by atoms with Gasteiger partial charge in [-0.25, -0.2) is 9.67 Å². The summed E-state index contributed by atoms with van der Waals surface area (Å²) in [6.45, 7) is 4.64. The predicted octanol–water partition coefficient (Wildman–Crippen LogP) is 4.46. The maximum absolute atomic E-state index is 12.7. The van der Waals surface area contributed by atoms with Crippen LogP contribution in [0.25, 0.3) is 11.0 Å². The molecule has 0 saturated heterocycles. The van der Waals surface area contributed by atoms with E-state index in [9.17, 15) is 4.79 Å². The Balaban J connectivity index is 1.31. The molecule has 3 heterocycles. The van der Waals surface area contributed by atoms with Crippen LogP contribution in [-0.4, -0.2) is 30.5 Å². The first-order chi connectivity index (χ1) is 15.0. The highest BCUT2D eigenvalue weighted by molar-refractivity contribution is 6.33. The molecule has 0 bridgehead atoms. The lowest BCUT2D eigenvalue weighted by Crippen LogP contribution is -2.20. The van der Waals surface area contributed by atoms with Gasteiger partial charge < -0.3 is 5.32 Å². The van der Waals surface area contributed by atoms with Crippen molar-refractivity contribution >= 4 is 34.4 Å². The van der Waals surface area contributed by atoms with E-state index in [1.807, 2.05) is 6.92 Å². The summed E-state index contributed by atoms with van der Waals surface area (Å²) in [4.78, 5) is 17.2. The molecule has 0 aliphatic heterocycles. The number of anilines is 1. The average molecular weight is 435 g/mol. The smallest absolute Gasteiger partial charge is 0.247 e. The molecule has 31 heavy (non-hydrogen) atoms. The molecular formula is C23H23ClN6O. The Hall–Kier alpha value is -3.19. The number of pyridine rings is 1. The van der Waals surface area contributed by atoms with E-state index in [1.165, 1.54) is 24.0 Å². The van der Waals surface area contributed by atoms with Crippen molar-refractivity contribution in [2.45, 2.75) is 45.7 Å². The highest BCUT2D eigenvalue weighted by atomic mass is 35.5. The standard InChI is InChI=1S/C23H23ClN6O/c1-14-3-5-16(6-4-14)11-29-12-19(24)22(28-29)26-20(31)13-30-23-21(15(2)27-30)18(9-10-25-23)17-7-8-17/h3-6,9-10,12,17H,7-8,11,13H2,1-2H3,(H,26,28,31). The fraction of sp³-hybridized carbons (Fsp3) is 0.304. The first-order valence-corrected chi connectivity index (χ1v) is 10.8. The van der Waals surface area contributed by atoms with Crippen LogP contribution in [0.4, 0.5) is 5.82 Å². The summed E-state index contributed by atoms with van der Waals surface area (Å²) in [7, 11) is 0. The van der Waals surface area contributed by atoms with Gasteiger partial charge in [0.25, 0.3) is 0 Å². The quantitative estimate of drug-likeness (QED) is 0.486. The van der Waals surface area contributed by atoms with E-state index >= 15 is 0 Å². The molecule has 5 rings (SSSR count). The van der Waals surface area contributed by atoms with Crippen LogP contribution in [0.2, 0.25) is 5.02 Å². The van der Waals surface area contributed by atoms with E-state index < -0.39 is 0 Å². The summed E-state index contributed by atoms with van der Waals surface area (Å²) in [6, 6.07) is 10.3. The molecular weight excluding hydrogens is 412 g/mol. The third-order valence-corrected chi connectivity index (χ3v) is 5.87. The Labute approximate surface area is 185 Å². The highest BCUT2D eigenvalue weighted by Crippen LogP contribution is 2.43. The van der Waals surface area contributed by atoms with Crippen molar-refractivity contribution in [3.63, 3.8) is 0 Å². The third kappa shape index (κ3) is 4.05. The summed E-state index contributed by atoms with van der Waals surface area (Å²) in [6.07, 6.45) is 5.92. The highest BCUT2D eigenvalue weighted by Gasteiger charge is 2.27. The van der Waals surface area contributed by atoms with Crippen molar-refractivity contribution < 1.29 is 4.79 Å². The minimum Gasteiger partial charge on any atom is -0.306 e. The largest absolute Gasteiger partial charge is 0.306 e. The fourth-order valence-corrected chi connectivity index (χ4v) is 4.10. The normalized spacial score (nSPS) is 13.6. The zero-order valence-corrected chi connectivity index (χ0v) is 18.2. The second kappa shape index (κ2) is 7.81. The number of halogens is 1. The number of benzene rings is 1. The van der Waals surface area contributed by atoms with E-state index in [4.69, 9.17) is 11.6 Å². The van der Waals surface area contributed by atoms with Crippen LogP contribution in [0.3, 0.4) is 0 Å². The number of nitrogens with one attached hydrogen (secondary N) is 1. The third-order valence-electron chi connectivity index (χ3n) is 5.59. The number of aryl methyl sites for hydroxylation is 2. The van der Waals surface area contributed by atoms with Gasteiger partial charge in [0.15, 0.2) is 11.5 Å². The number of hydrogen-bond donors (Lipinski definition) is 1. The van der Waals surface area contributed by atoms with E-state index in [0.29, 0.717) is 23.3 Å². The Morgan fingerprint density at radius 1 is 1.16 bits per heavy atom. The van der Waals surface area contributed by atoms with Crippen LogP contribution in [-0.2, 0) is 17.9 Å². The van der Waals surface area contributed by atoms with Gasteiger partial charge in [-0.05, 0) is 49.8 Å². The molecule has 0 unspecified atom stereocenters. The second-order valence-corrected chi connectivity index (χ2v) is 8.58. The summed E-state index contributed by atoms with van der Waals surface area (Å²) in [5.41, 5.74) is 5.24. The lowest BCUT2D eigenvalue weighted by molar-refractivity contribution is -0.116. The van der Waals surface area contributed by atoms with Crippen LogP contribution in [0.5, 0.6) is 0 Å². The number of amides is 1. The molecule has 4 aromatic rings. The van der Waals surface area contributed by atoms with Gasteiger partial charge in [0.1, 0.15) is 11.6 Å². The topological polar surface area (TPSA) is 77.6 Å². The van der Waals surface area contributed by atoms with Crippen LogP contribution >= 0.6 is 11.6 Å². The van der Waals surface area contributed by atoms with Gasteiger partial charge in [-0.3, -0.25) is 9.48 Å². The van der Waals surface area contributed by atoms with Gasteiger partial charge in [0.2, 0.25) is 5.91 Å². The molecule has 0 atom stereocenters. The van der Waals surface area contributed by atoms with Crippen LogP contribution < -0.4 is 5.32 Å². The predicted molar refractivity (Wildman–Crippen MR) is 120 cm³/mol. The van der Waals surface area contributed by atoms with Gasteiger partial charge in [0, 0.05) is 17.8 Å². The molecule has 1 saturated carbocycles. The Morgan fingerprint density at radius 3 is 2.68 bits per heavy atom. The molecule has 1 aliphatic carbocycles. The lowest BCUT2D eigenvalue weighted by Gasteiger charge is -2.05.